The maximum absolute atomic E-state index is 13.0. The van der Waals surface area contributed by atoms with Crippen LogP contribution >= 0.6 is 23.7 Å². The van der Waals surface area contributed by atoms with Gasteiger partial charge >= 0.3 is 0 Å². The van der Waals surface area contributed by atoms with Crippen molar-refractivity contribution in [1.29, 1.82) is 0 Å². The van der Waals surface area contributed by atoms with Crippen LogP contribution in [0.5, 0.6) is 0 Å². The number of nitrogens with one attached hydrogen (secondary N) is 1. The molecule has 1 saturated heterocycles. The highest BCUT2D eigenvalue weighted by atomic mass is 35.5. The first-order chi connectivity index (χ1) is 10.7. The van der Waals surface area contributed by atoms with Crippen LogP contribution in [-0.4, -0.2) is 50.7 Å². The second kappa shape index (κ2) is 8.52. The van der Waals surface area contributed by atoms with Gasteiger partial charge in [0.25, 0.3) is 15.9 Å². The second-order valence-corrected chi connectivity index (χ2v) is 8.68. The minimum absolute atomic E-state index is 0. The fraction of sp³-hybridized carbons (Fsp3) is 0.615. The number of nitrogens with two attached hydrogens (primary N) is 1. The molecule has 0 atom stereocenters. The molecule has 1 fully saturated rings. The number of thiophene rings is 1. The number of halogens is 3. The standard InChI is InChI=1S/C13H19F2N3O3S2.ClH/c14-13(15,8-16)9-17-11(19)7-10-3-4-12(22-10)23(20,21)18-5-1-2-6-18;/h3-4H,1-2,5-9,16H2,(H,17,19);1H. The third-order valence-electron chi connectivity index (χ3n) is 3.47. The van der Waals surface area contributed by atoms with Gasteiger partial charge in [-0.15, -0.1) is 23.7 Å². The van der Waals surface area contributed by atoms with Crippen molar-refractivity contribution in [1.82, 2.24) is 9.62 Å². The van der Waals surface area contributed by atoms with Crippen molar-refractivity contribution in [3.05, 3.63) is 17.0 Å². The molecule has 138 valence electrons. The zero-order valence-electron chi connectivity index (χ0n) is 12.8. The van der Waals surface area contributed by atoms with Crippen molar-refractivity contribution < 1.29 is 22.0 Å². The van der Waals surface area contributed by atoms with Crippen molar-refractivity contribution in [3.63, 3.8) is 0 Å². The normalized spacial score (nSPS) is 16.0. The summed E-state index contributed by atoms with van der Waals surface area (Å²) in [6, 6.07) is 2.99. The highest BCUT2D eigenvalue weighted by Gasteiger charge is 2.29. The molecule has 2 heterocycles. The van der Waals surface area contributed by atoms with Gasteiger partial charge < -0.3 is 11.1 Å². The maximum atomic E-state index is 13.0. The van der Waals surface area contributed by atoms with E-state index in [1.54, 1.807) is 0 Å². The highest BCUT2D eigenvalue weighted by Crippen LogP contribution is 2.27. The van der Waals surface area contributed by atoms with Crippen molar-refractivity contribution >= 4 is 39.7 Å². The molecule has 0 aliphatic carbocycles. The minimum atomic E-state index is -3.51. The summed E-state index contributed by atoms with van der Waals surface area (Å²) < 4.78 is 52.2. The van der Waals surface area contributed by atoms with Gasteiger partial charge in [-0.3, -0.25) is 4.79 Å². The lowest BCUT2D eigenvalue weighted by molar-refractivity contribution is -0.122. The average molecular weight is 404 g/mol. The summed E-state index contributed by atoms with van der Waals surface area (Å²) in [5, 5.41) is 2.10. The molecule has 0 bridgehead atoms. The Morgan fingerprint density at radius 1 is 1.33 bits per heavy atom. The van der Waals surface area contributed by atoms with Crippen LogP contribution in [0.4, 0.5) is 8.78 Å². The zero-order valence-corrected chi connectivity index (χ0v) is 15.3. The molecule has 0 aromatic carbocycles. The minimum Gasteiger partial charge on any atom is -0.350 e. The fourth-order valence-electron chi connectivity index (χ4n) is 2.17. The molecule has 1 aromatic heterocycles. The smallest absolute Gasteiger partial charge is 0.277 e. The molecule has 0 radical (unpaired) electrons. The largest absolute Gasteiger partial charge is 0.350 e. The summed E-state index contributed by atoms with van der Waals surface area (Å²) in [6.07, 6.45) is 1.55. The number of sulfonamides is 1. The quantitative estimate of drug-likeness (QED) is 0.715. The Labute approximate surface area is 149 Å². The van der Waals surface area contributed by atoms with Gasteiger partial charge in [0.2, 0.25) is 5.91 Å². The topological polar surface area (TPSA) is 92.5 Å². The first-order valence-corrected chi connectivity index (χ1v) is 9.44. The first kappa shape index (κ1) is 21.2. The molecule has 2 rings (SSSR count). The Bertz CT molecular complexity index is 661. The SMILES string of the molecule is Cl.NCC(F)(F)CNC(=O)Cc1ccc(S(=O)(=O)N2CCCC2)s1. The van der Waals surface area contributed by atoms with E-state index >= 15 is 0 Å². The third-order valence-corrected chi connectivity index (χ3v) is 6.93. The van der Waals surface area contributed by atoms with E-state index in [-0.39, 0.29) is 23.0 Å². The Hall–Kier alpha value is -0.810. The summed E-state index contributed by atoms with van der Waals surface area (Å²) in [4.78, 5) is 12.2. The Morgan fingerprint density at radius 3 is 2.54 bits per heavy atom. The second-order valence-electron chi connectivity index (χ2n) is 5.35. The van der Waals surface area contributed by atoms with Crippen LogP contribution in [0.15, 0.2) is 16.3 Å². The molecule has 0 spiro atoms. The lowest BCUT2D eigenvalue weighted by Gasteiger charge is -2.14. The molecule has 1 aliphatic heterocycles. The lowest BCUT2D eigenvalue weighted by atomic mass is 10.3. The van der Waals surface area contributed by atoms with Crippen molar-refractivity contribution in [3.8, 4) is 0 Å². The van der Waals surface area contributed by atoms with Gasteiger partial charge in [0.15, 0.2) is 0 Å². The van der Waals surface area contributed by atoms with Gasteiger partial charge in [0, 0.05) is 18.0 Å². The van der Waals surface area contributed by atoms with Crippen molar-refractivity contribution in [2.75, 3.05) is 26.2 Å². The monoisotopic (exact) mass is 403 g/mol. The van der Waals surface area contributed by atoms with E-state index in [1.807, 2.05) is 0 Å². The van der Waals surface area contributed by atoms with Crippen LogP contribution in [-0.2, 0) is 21.2 Å². The third kappa shape index (κ3) is 5.35. The Kier molecular flexibility index (Phi) is 7.54. The molecule has 1 amide bonds. The van der Waals surface area contributed by atoms with Gasteiger partial charge in [-0.05, 0) is 25.0 Å². The summed E-state index contributed by atoms with van der Waals surface area (Å²) in [6.45, 7) is -0.661. The molecule has 6 nitrogen and oxygen atoms in total. The Balaban J connectivity index is 0.00000288. The van der Waals surface area contributed by atoms with E-state index < -0.39 is 34.9 Å². The average Bonchev–Trinajstić information content (AvgIpc) is 3.17. The van der Waals surface area contributed by atoms with E-state index in [0.29, 0.717) is 18.0 Å². The molecule has 1 aliphatic rings. The van der Waals surface area contributed by atoms with E-state index in [2.05, 4.69) is 5.32 Å². The van der Waals surface area contributed by atoms with Crippen LogP contribution in [0, 0.1) is 0 Å². The van der Waals surface area contributed by atoms with E-state index in [0.717, 1.165) is 24.2 Å². The number of hydrogen-bond donors (Lipinski definition) is 2. The fourth-order valence-corrected chi connectivity index (χ4v) is 5.19. The maximum Gasteiger partial charge on any atom is 0.277 e. The molecule has 11 heteroatoms. The molecule has 0 unspecified atom stereocenters. The zero-order chi connectivity index (χ0) is 17.1. The number of rotatable bonds is 7. The number of carbonyl (C=O) groups excluding carboxylic acids is 1. The summed E-state index contributed by atoms with van der Waals surface area (Å²) in [7, 11) is -3.51. The first-order valence-electron chi connectivity index (χ1n) is 7.18. The summed E-state index contributed by atoms with van der Waals surface area (Å²) >= 11 is 0.991. The summed E-state index contributed by atoms with van der Waals surface area (Å²) in [5.74, 6) is -3.74. The predicted molar refractivity (Wildman–Crippen MR) is 90.3 cm³/mol. The van der Waals surface area contributed by atoms with Crippen molar-refractivity contribution in [2.24, 2.45) is 5.73 Å². The molecular weight excluding hydrogens is 384 g/mol. The van der Waals surface area contributed by atoms with E-state index in [4.69, 9.17) is 5.73 Å². The van der Waals surface area contributed by atoms with Gasteiger partial charge in [-0.25, -0.2) is 17.2 Å². The van der Waals surface area contributed by atoms with Gasteiger partial charge in [0.1, 0.15) is 4.21 Å². The van der Waals surface area contributed by atoms with Crippen LogP contribution in [0.1, 0.15) is 17.7 Å². The lowest BCUT2D eigenvalue weighted by Crippen LogP contribution is -2.41. The number of alkyl halides is 2. The van der Waals surface area contributed by atoms with E-state index in [9.17, 15) is 22.0 Å². The van der Waals surface area contributed by atoms with Crippen LogP contribution in [0.2, 0.25) is 0 Å². The molecular formula is C13H20ClF2N3O3S2. The molecule has 1 aromatic rings. The summed E-state index contributed by atoms with van der Waals surface area (Å²) in [5.41, 5.74) is 4.89. The molecule has 24 heavy (non-hydrogen) atoms. The molecule has 3 N–H and O–H groups in total. The van der Waals surface area contributed by atoms with Crippen LogP contribution < -0.4 is 11.1 Å². The van der Waals surface area contributed by atoms with Gasteiger partial charge in [-0.2, -0.15) is 4.31 Å². The number of carbonyl (C=O) groups is 1. The number of nitrogens with zero attached hydrogens (tertiary/aromatic N) is 1. The predicted octanol–water partition coefficient (Wildman–Crippen LogP) is 1.21. The van der Waals surface area contributed by atoms with Crippen LogP contribution in [0.3, 0.4) is 0 Å². The highest BCUT2D eigenvalue weighted by molar-refractivity contribution is 7.91. The number of hydrogen-bond acceptors (Lipinski definition) is 5. The van der Waals surface area contributed by atoms with E-state index in [1.165, 1.54) is 16.4 Å². The van der Waals surface area contributed by atoms with Crippen LogP contribution in [0.25, 0.3) is 0 Å². The Morgan fingerprint density at radius 2 is 1.96 bits per heavy atom. The van der Waals surface area contributed by atoms with Crippen molar-refractivity contribution in [2.45, 2.75) is 29.4 Å². The van der Waals surface area contributed by atoms with Gasteiger partial charge in [-0.1, -0.05) is 0 Å². The van der Waals surface area contributed by atoms with Gasteiger partial charge in [0.05, 0.1) is 19.5 Å². The molecule has 0 saturated carbocycles. The number of amides is 1.